The van der Waals surface area contributed by atoms with Gasteiger partial charge in [0.25, 0.3) is 6.01 Å². The number of aromatic nitrogens is 1. The van der Waals surface area contributed by atoms with E-state index in [9.17, 15) is 0 Å². The van der Waals surface area contributed by atoms with Crippen LogP contribution in [0.25, 0.3) is 11.1 Å². The number of rotatable bonds is 3. The van der Waals surface area contributed by atoms with Crippen LogP contribution in [-0.4, -0.2) is 18.6 Å². The summed E-state index contributed by atoms with van der Waals surface area (Å²) in [6.07, 6.45) is 1.32. The van der Waals surface area contributed by atoms with Crippen molar-refractivity contribution in [3.63, 3.8) is 0 Å². The van der Waals surface area contributed by atoms with E-state index in [1.807, 2.05) is 25.2 Å². The molecule has 1 fully saturated rings. The number of benzene rings is 1. The Kier molecular flexibility index (Phi) is 2.24. The van der Waals surface area contributed by atoms with Crippen molar-refractivity contribution in [2.45, 2.75) is 13.3 Å². The van der Waals surface area contributed by atoms with Crippen LogP contribution in [0.4, 0.5) is 11.7 Å². The summed E-state index contributed by atoms with van der Waals surface area (Å²) < 4.78 is 5.71. The number of hydrogen-bond acceptors (Lipinski definition) is 4. The molecule has 3 rings (SSSR count). The lowest BCUT2D eigenvalue weighted by molar-refractivity contribution is 0.570. The van der Waals surface area contributed by atoms with E-state index in [4.69, 9.17) is 10.2 Å². The molecule has 2 aromatic rings. The van der Waals surface area contributed by atoms with Gasteiger partial charge in [0.15, 0.2) is 5.58 Å². The molecular formula is C13H17N3O. The molecule has 0 bridgehead atoms. The second kappa shape index (κ2) is 3.65. The van der Waals surface area contributed by atoms with Crippen molar-refractivity contribution < 1.29 is 4.42 Å². The van der Waals surface area contributed by atoms with Gasteiger partial charge in [-0.05, 0) is 30.4 Å². The third-order valence-corrected chi connectivity index (χ3v) is 3.51. The third kappa shape index (κ3) is 1.95. The van der Waals surface area contributed by atoms with Crippen LogP contribution in [0.1, 0.15) is 13.3 Å². The molecule has 2 unspecified atom stereocenters. The molecule has 0 radical (unpaired) electrons. The highest BCUT2D eigenvalue weighted by molar-refractivity contribution is 5.78. The van der Waals surface area contributed by atoms with Crippen LogP contribution in [-0.2, 0) is 0 Å². The van der Waals surface area contributed by atoms with Gasteiger partial charge in [-0.25, -0.2) is 0 Å². The van der Waals surface area contributed by atoms with Crippen LogP contribution in [0.2, 0.25) is 0 Å². The van der Waals surface area contributed by atoms with E-state index in [0.29, 0.717) is 11.7 Å². The van der Waals surface area contributed by atoms with Crippen LogP contribution < -0.4 is 10.6 Å². The lowest BCUT2D eigenvalue weighted by Crippen LogP contribution is -2.20. The highest BCUT2D eigenvalue weighted by Gasteiger charge is 2.34. The Morgan fingerprint density at radius 3 is 3.00 bits per heavy atom. The molecule has 0 spiro atoms. The van der Waals surface area contributed by atoms with Gasteiger partial charge in [-0.1, -0.05) is 6.92 Å². The van der Waals surface area contributed by atoms with E-state index < -0.39 is 0 Å². The highest BCUT2D eigenvalue weighted by atomic mass is 16.4. The van der Waals surface area contributed by atoms with Crippen LogP contribution >= 0.6 is 0 Å². The fraction of sp³-hybridized carbons (Fsp3) is 0.462. The minimum Gasteiger partial charge on any atom is -0.423 e. The minimum absolute atomic E-state index is 0.685. The first-order valence-corrected chi connectivity index (χ1v) is 6.00. The van der Waals surface area contributed by atoms with Crippen molar-refractivity contribution >= 4 is 22.8 Å². The first kappa shape index (κ1) is 10.4. The first-order chi connectivity index (χ1) is 8.13. The molecule has 1 saturated carbocycles. The van der Waals surface area contributed by atoms with E-state index >= 15 is 0 Å². The first-order valence-electron chi connectivity index (χ1n) is 6.00. The summed E-state index contributed by atoms with van der Waals surface area (Å²) in [7, 11) is 2.03. The van der Waals surface area contributed by atoms with Gasteiger partial charge in [-0.2, -0.15) is 4.98 Å². The monoisotopic (exact) mass is 231 g/mol. The zero-order valence-electron chi connectivity index (χ0n) is 10.2. The molecule has 0 saturated heterocycles. The second-order valence-corrected chi connectivity index (χ2v) is 5.08. The van der Waals surface area contributed by atoms with Crippen molar-refractivity contribution in [1.29, 1.82) is 0 Å². The van der Waals surface area contributed by atoms with E-state index in [-0.39, 0.29) is 0 Å². The summed E-state index contributed by atoms with van der Waals surface area (Å²) in [5.74, 6) is 1.64. The van der Waals surface area contributed by atoms with Crippen molar-refractivity contribution in [2.75, 3.05) is 24.2 Å². The number of hydrogen-bond donors (Lipinski definition) is 1. The maximum Gasteiger partial charge on any atom is 0.298 e. The van der Waals surface area contributed by atoms with Gasteiger partial charge in [0, 0.05) is 25.3 Å². The Labute approximate surface area is 100 Å². The van der Waals surface area contributed by atoms with Crippen molar-refractivity contribution in [1.82, 2.24) is 4.98 Å². The molecule has 0 aliphatic heterocycles. The Morgan fingerprint density at radius 1 is 1.53 bits per heavy atom. The van der Waals surface area contributed by atoms with E-state index in [2.05, 4.69) is 16.8 Å². The summed E-state index contributed by atoms with van der Waals surface area (Å²) in [6, 6.07) is 6.24. The molecule has 90 valence electrons. The van der Waals surface area contributed by atoms with Crippen molar-refractivity contribution in [3.05, 3.63) is 18.2 Å². The molecule has 2 atom stereocenters. The average molecular weight is 231 g/mol. The number of anilines is 2. The lowest BCUT2D eigenvalue weighted by atomic mass is 10.3. The molecule has 4 nitrogen and oxygen atoms in total. The zero-order chi connectivity index (χ0) is 12.0. The number of nitrogen functional groups attached to an aromatic ring is 1. The normalized spacial score (nSPS) is 22.9. The predicted octanol–water partition coefficient (Wildman–Crippen LogP) is 2.50. The third-order valence-electron chi connectivity index (χ3n) is 3.51. The number of oxazole rings is 1. The summed E-state index contributed by atoms with van der Waals surface area (Å²) >= 11 is 0. The second-order valence-electron chi connectivity index (χ2n) is 5.08. The van der Waals surface area contributed by atoms with Gasteiger partial charge in [0.2, 0.25) is 0 Å². The van der Waals surface area contributed by atoms with Gasteiger partial charge in [0.05, 0.1) is 0 Å². The summed E-state index contributed by atoms with van der Waals surface area (Å²) in [5.41, 5.74) is 8.05. The maximum absolute atomic E-state index is 5.72. The van der Waals surface area contributed by atoms with E-state index in [1.54, 1.807) is 0 Å². The summed E-state index contributed by atoms with van der Waals surface area (Å²) in [5, 5.41) is 0. The lowest BCUT2D eigenvalue weighted by Gasteiger charge is -2.13. The maximum atomic E-state index is 5.72. The van der Waals surface area contributed by atoms with E-state index in [1.165, 1.54) is 6.42 Å². The molecule has 2 N–H and O–H groups in total. The predicted molar refractivity (Wildman–Crippen MR) is 69.0 cm³/mol. The zero-order valence-corrected chi connectivity index (χ0v) is 10.2. The Balaban J connectivity index is 1.84. The smallest absolute Gasteiger partial charge is 0.298 e. The standard InChI is InChI=1S/C13H17N3O/c1-8-5-9(8)7-16(2)13-15-11-4-3-10(14)6-12(11)17-13/h3-4,6,8-9H,5,7,14H2,1-2H3. The Morgan fingerprint density at radius 2 is 2.29 bits per heavy atom. The molecule has 17 heavy (non-hydrogen) atoms. The fourth-order valence-electron chi connectivity index (χ4n) is 2.18. The van der Waals surface area contributed by atoms with Gasteiger partial charge >= 0.3 is 0 Å². The fourth-order valence-corrected chi connectivity index (χ4v) is 2.18. The molecule has 4 heteroatoms. The molecule has 0 amide bonds. The van der Waals surface area contributed by atoms with Gasteiger partial charge < -0.3 is 15.1 Å². The molecule has 1 aliphatic rings. The molecule has 1 aromatic heterocycles. The van der Waals surface area contributed by atoms with Crippen LogP contribution in [0.5, 0.6) is 0 Å². The topological polar surface area (TPSA) is 55.3 Å². The van der Waals surface area contributed by atoms with Crippen LogP contribution in [0.15, 0.2) is 22.6 Å². The Hall–Kier alpha value is -1.71. The Bertz CT molecular complexity index is 549. The highest BCUT2D eigenvalue weighted by Crippen LogP contribution is 2.38. The number of nitrogens with zero attached hydrogens (tertiary/aromatic N) is 2. The molecule has 1 aromatic carbocycles. The molecule has 1 aliphatic carbocycles. The number of fused-ring (bicyclic) bond motifs is 1. The van der Waals surface area contributed by atoms with E-state index in [0.717, 1.165) is 29.5 Å². The molecule has 1 heterocycles. The SMILES string of the molecule is CC1CC1CN(C)c1nc2ccc(N)cc2o1. The largest absolute Gasteiger partial charge is 0.423 e. The molecular weight excluding hydrogens is 214 g/mol. The van der Waals surface area contributed by atoms with Crippen molar-refractivity contribution in [3.8, 4) is 0 Å². The average Bonchev–Trinajstić information content (AvgIpc) is 2.81. The number of nitrogens with two attached hydrogens (primary N) is 1. The van der Waals surface area contributed by atoms with Gasteiger partial charge in [-0.3, -0.25) is 0 Å². The van der Waals surface area contributed by atoms with Gasteiger partial charge in [0.1, 0.15) is 5.52 Å². The summed E-state index contributed by atoms with van der Waals surface area (Å²) in [6.45, 7) is 3.30. The quantitative estimate of drug-likeness (QED) is 0.825. The summed E-state index contributed by atoms with van der Waals surface area (Å²) in [4.78, 5) is 6.55. The van der Waals surface area contributed by atoms with Crippen molar-refractivity contribution in [2.24, 2.45) is 11.8 Å². The van der Waals surface area contributed by atoms with Crippen LogP contribution in [0.3, 0.4) is 0 Å². The van der Waals surface area contributed by atoms with Crippen LogP contribution in [0, 0.1) is 11.8 Å². The minimum atomic E-state index is 0.685. The van der Waals surface area contributed by atoms with Gasteiger partial charge in [-0.15, -0.1) is 0 Å².